The molecule has 2 aromatic carbocycles. The number of aromatic nitrogens is 2. The summed E-state index contributed by atoms with van der Waals surface area (Å²) >= 11 is 5.94. The molecule has 0 atom stereocenters. The van der Waals surface area contributed by atoms with Crippen molar-refractivity contribution in [1.82, 2.24) is 14.9 Å². The van der Waals surface area contributed by atoms with Gasteiger partial charge >= 0.3 is 0 Å². The van der Waals surface area contributed by atoms with Crippen LogP contribution < -0.4 is 0 Å². The first-order valence-corrected chi connectivity index (χ1v) is 7.64. The zero-order valence-electron chi connectivity index (χ0n) is 11.8. The maximum Gasteiger partial charge on any atom is 0.121 e. The van der Waals surface area contributed by atoms with E-state index in [-0.39, 0.29) is 0 Å². The minimum atomic E-state index is 0.618. The summed E-state index contributed by atoms with van der Waals surface area (Å²) in [6.45, 7) is 2.49. The molecule has 0 unspecified atom stereocenters. The molecule has 108 valence electrons. The predicted molar refractivity (Wildman–Crippen MR) is 87.4 cm³/mol. The number of hydrogen-bond acceptors (Lipinski definition) is 2. The molecule has 0 spiro atoms. The van der Waals surface area contributed by atoms with Gasteiger partial charge in [-0.05, 0) is 17.7 Å². The van der Waals surface area contributed by atoms with E-state index in [1.807, 2.05) is 24.3 Å². The summed E-state index contributed by atoms with van der Waals surface area (Å²) in [6.07, 6.45) is 0. The van der Waals surface area contributed by atoms with Crippen molar-refractivity contribution in [2.45, 2.75) is 13.1 Å². The second-order valence-corrected chi connectivity index (χ2v) is 5.46. The highest BCUT2D eigenvalue weighted by Gasteiger charge is 2.09. The van der Waals surface area contributed by atoms with E-state index in [2.05, 4.69) is 45.2 Å². The summed E-state index contributed by atoms with van der Waals surface area (Å²) in [4.78, 5) is 10.3. The van der Waals surface area contributed by atoms with Crippen molar-refractivity contribution in [2.75, 3.05) is 12.4 Å². The number of nitrogens with one attached hydrogen (secondary N) is 1. The third kappa shape index (κ3) is 3.63. The maximum atomic E-state index is 5.94. The first-order valence-electron chi connectivity index (χ1n) is 7.11. The number of para-hydroxylation sites is 2. The maximum absolute atomic E-state index is 5.94. The number of rotatable bonds is 6. The fourth-order valence-corrected chi connectivity index (χ4v) is 2.71. The van der Waals surface area contributed by atoms with Crippen LogP contribution in [0.25, 0.3) is 11.0 Å². The molecular weight excluding hydrogens is 282 g/mol. The van der Waals surface area contributed by atoms with Gasteiger partial charge in [0.2, 0.25) is 0 Å². The number of hydrogen-bond donors (Lipinski definition) is 1. The molecule has 1 N–H and O–H groups in total. The van der Waals surface area contributed by atoms with E-state index in [1.54, 1.807) is 0 Å². The average molecular weight is 300 g/mol. The largest absolute Gasteiger partial charge is 0.341 e. The van der Waals surface area contributed by atoms with Gasteiger partial charge in [-0.1, -0.05) is 42.5 Å². The van der Waals surface area contributed by atoms with Crippen LogP contribution in [0.1, 0.15) is 11.4 Å². The van der Waals surface area contributed by atoms with Gasteiger partial charge in [-0.15, -0.1) is 11.6 Å². The van der Waals surface area contributed by atoms with Crippen molar-refractivity contribution in [2.24, 2.45) is 0 Å². The van der Waals surface area contributed by atoms with Crippen molar-refractivity contribution < 1.29 is 0 Å². The average Bonchev–Trinajstić information content (AvgIpc) is 2.90. The highest BCUT2D eigenvalue weighted by Crippen LogP contribution is 2.13. The topological polar surface area (TPSA) is 31.9 Å². The van der Waals surface area contributed by atoms with Gasteiger partial charge in [0.15, 0.2) is 0 Å². The van der Waals surface area contributed by atoms with Crippen LogP contribution in [0.15, 0.2) is 54.6 Å². The monoisotopic (exact) mass is 299 g/mol. The smallest absolute Gasteiger partial charge is 0.121 e. The molecule has 0 aliphatic carbocycles. The first-order chi connectivity index (χ1) is 10.3. The van der Waals surface area contributed by atoms with Gasteiger partial charge in [0.1, 0.15) is 5.82 Å². The number of fused-ring (bicyclic) bond motifs is 1. The van der Waals surface area contributed by atoms with E-state index in [1.165, 1.54) is 5.56 Å². The molecule has 0 radical (unpaired) electrons. The van der Waals surface area contributed by atoms with Gasteiger partial charge < -0.3 is 4.98 Å². The number of nitrogens with zero attached hydrogens (tertiary/aromatic N) is 2. The summed E-state index contributed by atoms with van der Waals surface area (Å²) in [7, 11) is 0. The van der Waals surface area contributed by atoms with Crippen LogP contribution in [-0.4, -0.2) is 27.3 Å². The van der Waals surface area contributed by atoms with Crippen LogP contribution in [0, 0.1) is 0 Å². The molecule has 0 aliphatic rings. The number of imidazole rings is 1. The van der Waals surface area contributed by atoms with E-state index in [4.69, 9.17) is 11.6 Å². The molecule has 4 heteroatoms. The molecule has 21 heavy (non-hydrogen) atoms. The number of halogens is 1. The molecule has 1 heterocycles. The Morgan fingerprint density at radius 2 is 1.71 bits per heavy atom. The van der Waals surface area contributed by atoms with E-state index in [0.29, 0.717) is 5.88 Å². The summed E-state index contributed by atoms with van der Waals surface area (Å²) in [5, 5.41) is 0. The Labute approximate surface area is 129 Å². The fraction of sp³-hybridized carbons (Fsp3) is 0.235. The van der Waals surface area contributed by atoms with Crippen LogP contribution in [0.5, 0.6) is 0 Å². The number of alkyl halides is 1. The van der Waals surface area contributed by atoms with Gasteiger partial charge in [-0.3, -0.25) is 4.90 Å². The SMILES string of the molecule is ClCCN(Cc1ccccc1)Cc1nc2ccccc2[nH]1. The van der Waals surface area contributed by atoms with Crippen molar-refractivity contribution >= 4 is 22.6 Å². The quantitative estimate of drug-likeness (QED) is 0.702. The third-order valence-corrected chi connectivity index (χ3v) is 3.63. The van der Waals surface area contributed by atoms with Gasteiger partial charge in [0, 0.05) is 19.0 Å². The lowest BCUT2D eigenvalue weighted by Gasteiger charge is -2.20. The minimum Gasteiger partial charge on any atom is -0.341 e. The lowest BCUT2D eigenvalue weighted by Crippen LogP contribution is -2.25. The Morgan fingerprint density at radius 3 is 2.48 bits per heavy atom. The highest BCUT2D eigenvalue weighted by atomic mass is 35.5. The van der Waals surface area contributed by atoms with E-state index in [0.717, 1.165) is 36.5 Å². The Bertz CT molecular complexity index is 660. The molecular formula is C17H18ClN3. The van der Waals surface area contributed by atoms with E-state index < -0.39 is 0 Å². The predicted octanol–water partition coefficient (Wildman–Crippen LogP) is 3.80. The fourth-order valence-electron chi connectivity index (χ4n) is 2.47. The minimum absolute atomic E-state index is 0.618. The van der Waals surface area contributed by atoms with Crippen molar-refractivity contribution in [3.05, 3.63) is 66.0 Å². The van der Waals surface area contributed by atoms with Crippen molar-refractivity contribution in [3.8, 4) is 0 Å². The van der Waals surface area contributed by atoms with Gasteiger partial charge in [-0.25, -0.2) is 4.98 Å². The Hall–Kier alpha value is -1.84. The van der Waals surface area contributed by atoms with Crippen LogP contribution >= 0.6 is 11.6 Å². The van der Waals surface area contributed by atoms with Crippen molar-refractivity contribution in [1.29, 1.82) is 0 Å². The zero-order valence-corrected chi connectivity index (χ0v) is 12.6. The third-order valence-electron chi connectivity index (χ3n) is 3.46. The summed E-state index contributed by atoms with van der Waals surface area (Å²) in [6, 6.07) is 18.5. The molecule has 3 rings (SSSR count). The first kappa shape index (κ1) is 14.1. The summed E-state index contributed by atoms with van der Waals surface area (Å²) in [5.74, 6) is 1.60. The molecule has 0 amide bonds. The van der Waals surface area contributed by atoms with Crippen LogP contribution in [0.2, 0.25) is 0 Å². The Morgan fingerprint density at radius 1 is 0.952 bits per heavy atom. The van der Waals surface area contributed by atoms with E-state index in [9.17, 15) is 0 Å². The molecule has 0 aliphatic heterocycles. The van der Waals surface area contributed by atoms with Gasteiger partial charge in [0.25, 0.3) is 0 Å². The lowest BCUT2D eigenvalue weighted by molar-refractivity contribution is 0.267. The van der Waals surface area contributed by atoms with Crippen LogP contribution in [-0.2, 0) is 13.1 Å². The molecule has 0 fully saturated rings. The summed E-state index contributed by atoms with van der Waals surface area (Å²) < 4.78 is 0. The van der Waals surface area contributed by atoms with Crippen LogP contribution in [0.3, 0.4) is 0 Å². The summed E-state index contributed by atoms with van der Waals surface area (Å²) in [5.41, 5.74) is 3.38. The second-order valence-electron chi connectivity index (χ2n) is 5.09. The molecule has 1 aromatic heterocycles. The normalized spacial score (nSPS) is 11.3. The highest BCUT2D eigenvalue weighted by molar-refractivity contribution is 6.18. The number of aromatic amines is 1. The van der Waals surface area contributed by atoms with Crippen LogP contribution in [0.4, 0.5) is 0 Å². The Balaban J connectivity index is 1.75. The van der Waals surface area contributed by atoms with Gasteiger partial charge in [0.05, 0.1) is 17.6 Å². The molecule has 0 saturated carbocycles. The van der Waals surface area contributed by atoms with Crippen molar-refractivity contribution in [3.63, 3.8) is 0 Å². The number of benzene rings is 2. The molecule has 0 bridgehead atoms. The molecule has 3 nitrogen and oxygen atoms in total. The van der Waals surface area contributed by atoms with E-state index >= 15 is 0 Å². The second kappa shape index (κ2) is 6.74. The molecule has 0 saturated heterocycles. The standard InChI is InChI=1S/C17H18ClN3/c18-10-11-21(12-14-6-2-1-3-7-14)13-17-19-15-8-4-5-9-16(15)20-17/h1-9H,10-13H2,(H,19,20). The van der Waals surface area contributed by atoms with Gasteiger partial charge in [-0.2, -0.15) is 0 Å². The lowest BCUT2D eigenvalue weighted by atomic mass is 10.2. The molecule has 3 aromatic rings. The zero-order chi connectivity index (χ0) is 14.5. The Kier molecular flexibility index (Phi) is 4.53. The number of H-pyrrole nitrogens is 1.